The molecule has 8 heteroatoms. The Morgan fingerprint density at radius 2 is 1.78 bits per heavy atom. The van der Waals surface area contributed by atoms with E-state index in [1.807, 2.05) is 0 Å². The second kappa shape index (κ2) is 6.07. The number of ketones is 1. The highest BCUT2D eigenvalue weighted by molar-refractivity contribution is 5.94. The third-order valence-electron chi connectivity index (χ3n) is 2.95. The van der Waals surface area contributed by atoms with E-state index in [-0.39, 0.29) is 17.3 Å². The maximum atomic E-state index is 12.7. The highest BCUT2D eigenvalue weighted by Crippen LogP contribution is 2.38. The molecule has 0 saturated heterocycles. The number of halogens is 3. The number of nitrogens with zero attached hydrogens (tertiary/aromatic N) is 1. The topological polar surface area (TPSA) is 69.4 Å². The second-order valence-electron chi connectivity index (χ2n) is 4.62. The fraction of sp³-hybridized carbons (Fsp3) is 0.133. The molecule has 0 aliphatic rings. The van der Waals surface area contributed by atoms with Crippen LogP contribution in [0.15, 0.2) is 42.5 Å². The van der Waals surface area contributed by atoms with E-state index in [2.05, 4.69) is 0 Å². The Bertz CT molecular complexity index is 772. The minimum absolute atomic E-state index is 0.134. The van der Waals surface area contributed by atoms with E-state index in [4.69, 9.17) is 4.74 Å². The lowest BCUT2D eigenvalue weighted by molar-refractivity contribution is -0.388. The van der Waals surface area contributed by atoms with Crippen LogP contribution in [0.25, 0.3) is 0 Å². The standard InChI is InChI=1S/C15H10F3NO4/c1-9(20)10-3-2-4-11(7-10)23-12-5-6-13(15(16,17)18)14(8-12)19(21)22/h2-8H,1H3. The van der Waals surface area contributed by atoms with Crippen LogP contribution in [0.2, 0.25) is 0 Å². The third kappa shape index (κ3) is 3.85. The summed E-state index contributed by atoms with van der Waals surface area (Å²) >= 11 is 0. The summed E-state index contributed by atoms with van der Waals surface area (Å²) in [4.78, 5) is 21.0. The summed E-state index contributed by atoms with van der Waals surface area (Å²) in [5.41, 5.74) is -2.10. The Labute approximate surface area is 128 Å². The molecule has 0 amide bonds. The average molecular weight is 325 g/mol. The van der Waals surface area contributed by atoms with Crippen molar-refractivity contribution in [3.05, 3.63) is 63.7 Å². The van der Waals surface area contributed by atoms with E-state index >= 15 is 0 Å². The van der Waals surface area contributed by atoms with Crippen molar-refractivity contribution < 1.29 is 27.6 Å². The zero-order chi connectivity index (χ0) is 17.2. The largest absolute Gasteiger partial charge is 0.457 e. The van der Waals surface area contributed by atoms with Crippen molar-refractivity contribution in [2.24, 2.45) is 0 Å². The van der Waals surface area contributed by atoms with E-state index in [0.717, 1.165) is 6.07 Å². The Morgan fingerprint density at radius 3 is 2.35 bits per heavy atom. The highest BCUT2D eigenvalue weighted by Gasteiger charge is 2.38. The molecule has 2 aromatic carbocycles. The lowest BCUT2D eigenvalue weighted by Gasteiger charge is -2.10. The van der Waals surface area contributed by atoms with Crippen LogP contribution in [0.1, 0.15) is 22.8 Å². The van der Waals surface area contributed by atoms with Crippen LogP contribution in [0.5, 0.6) is 11.5 Å². The van der Waals surface area contributed by atoms with Crippen molar-refractivity contribution in [2.75, 3.05) is 0 Å². The van der Waals surface area contributed by atoms with E-state index in [1.165, 1.54) is 25.1 Å². The molecule has 2 aromatic rings. The minimum Gasteiger partial charge on any atom is -0.457 e. The number of alkyl halides is 3. The molecule has 0 fully saturated rings. The Balaban J connectivity index is 2.38. The van der Waals surface area contributed by atoms with Crippen LogP contribution in [0.3, 0.4) is 0 Å². The smallest absolute Gasteiger partial charge is 0.423 e. The molecule has 0 spiro atoms. The van der Waals surface area contributed by atoms with Crippen molar-refractivity contribution in [2.45, 2.75) is 13.1 Å². The summed E-state index contributed by atoms with van der Waals surface area (Å²) in [6.45, 7) is 1.35. The van der Waals surface area contributed by atoms with Gasteiger partial charge in [0.15, 0.2) is 5.78 Å². The van der Waals surface area contributed by atoms with Crippen molar-refractivity contribution in [3.63, 3.8) is 0 Å². The van der Waals surface area contributed by atoms with Crippen LogP contribution in [-0.4, -0.2) is 10.7 Å². The normalized spacial score (nSPS) is 11.1. The summed E-state index contributed by atoms with van der Waals surface area (Å²) < 4.78 is 43.5. The summed E-state index contributed by atoms with van der Waals surface area (Å²) in [7, 11) is 0. The molecule has 0 radical (unpaired) electrons. The quantitative estimate of drug-likeness (QED) is 0.468. The molecule has 120 valence electrons. The summed E-state index contributed by atoms with van der Waals surface area (Å²) in [6, 6.07) is 8.22. The van der Waals surface area contributed by atoms with Crippen LogP contribution in [0, 0.1) is 10.1 Å². The first-order chi connectivity index (χ1) is 10.7. The molecule has 0 aromatic heterocycles. The van der Waals surface area contributed by atoms with E-state index in [0.29, 0.717) is 17.7 Å². The van der Waals surface area contributed by atoms with Gasteiger partial charge < -0.3 is 4.74 Å². The van der Waals surface area contributed by atoms with Gasteiger partial charge in [-0.1, -0.05) is 12.1 Å². The molecular formula is C15H10F3NO4. The molecule has 0 saturated carbocycles. The van der Waals surface area contributed by atoms with E-state index in [9.17, 15) is 28.1 Å². The van der Waals surface area contributed by atoms with Crippen LogP contribution in [0.4, 0.5) is 18.9 Å². The number of benzene rings is 2. The molecule has 5 nitrogen and oxygen atoms in total. The van der Waals surface area contributed by atoms with Gasteiger partial charge in [0.25, 0.3) is 5.69 Å². The second-order valence-corrected chi connectivity index (χ2v) is 4.62. The Kier molecular flexibility index (Phi) is 4.35. The molecule has 0 heterocycles. The van der Waals surface area contributed by atoms with Crippen LogP contribution >= 0.6 is 0 Å². The number of carbonyl (C=O) groups is 1. The van der Waals surface area contributed by atoms with Crippen molar-refractivity contribution >= 4 is 11.5 Å². The van der Waals surface area contributed by atoms with Gasteiger partial charge in [-0.3, -0.25) is 14.9 Å². The molecule has 0 aliphatic carbocycles. The number of rotatable bonds is 4. The number of carbonyl (C=O) groups excluding carboxylic acids is 1. The van der Waals surface area contributed by atoms with Gasteiger partial charge >= 0.3 is 6.18 Å². The molecule has 23 heavy (non-hydrogen) atoms. The Hall–Kier alpha value is -2.90. The third-order valence-corrected chi connectivity index (χ3v) is 2.95. The zero-order valence-electron chi connectivity index (χ0n) is 11.8. The van der Waals surface area contributed by atoms with Crippen molar-refractivity contribution in [1.82, 2.24) is 0 Å². The van der Waals surface area contributed by atoms with Gasteiger partial charge in [0.2, 0.25) is 0 Å². The first kappa shape index (κ1) is 16.5. The fourth-order valence-electron chi connectivity index (χ4n) is 1.88. The predicted molar refractivity (Wildman–Crippen MR) is 74.6 cm³/mol. The first-order valence-electron chi connectivity index (χ1n) is 6.33. The lowest BCUT2D eigenvalue weighted by Crippen LogP contribution is -2.08. The Morgan fingerprint density at radius 1 is 1.13 bits per heavy atom. The molecule has 0 unspecified atom stereocenters. The number of ether oxygens (including phenoxy) is 1. The summed E-state index contributed by atoms with van der Waals surface area (Å²) in [5.74, 6) is -0.161. The lowest BCUT2D eigenvalue weighted by atomic mass is 10.1. The maximum Gasteiger partial charge on any atom is 0.423 e. The molecular weight excluding hydrogens is 315 g/mol. The SMILES string of the molecule is CC(=O)c1cccc(Oc2ccc(C(F)(F)F)c([N+](=O)[O-])c2)c1. The minimum atomic E-state index is -4.84. The summed E-state index contributed by atoms with van der Waals surface area (Å²) in [6.07, 6.45) is -4.84. The van der Waals surface area contributed by atoms with Crippen LogP contribution in [-0.2, 0) is 6.18 Å². The average Bonchev–Trinajstić information content (AvgIpc) is 2.46. The highest BCUT2D eigenvalue weighted by atomic mass is 19.4. The number of Topliss-reactive ketones (excluding diaryl/α,β-unsaturated/α-hetero) is 1. The molecule has 2 rings (SSSR count). The fourth-order valence-corrected chi connectivity index (χ4v) is 1.88. The van der Waals surface area contributed by atoms with Gasteiger partial charge in [0.1, 0.15) is 17.1 Å². The molecule has 0 atom stereocenters. The van der Waals surface area contributed by atoms with Gasteiger partial charge in [0, 0.05) is 5.56 Å². The predicted octanol–water partition coefficient (Wildman–Crippen LogP) is 4.61. The monoisotopic (exact) mass is 325 g/mol. The van der Waals surface area contributed by atoms with Gasteiger partial charge in [0.05, 0.1) is 11.0 Å². The zero-order valence-corrected chi connectivity index (χ0v) is 11.8. The molecule has 0 bridgehead atoms. The number of nitro groups is 1. The number of nitro benzene ring substituents is 1. The van der Waals surface area contributed by atoms with Crippen molar-refractivity contribution in [1.29, 1.82) is 0 Å². The number of hydrogen-bond donors (Lipinski definition) is 0. The van der Waals surface area contributed by atoms with E-state index in [1.54, 1.807) is 6.07 Å². The number of hydrogen-bond acceptors (Lipinski definition) is 4. The van der Waals surface area contributed by atoms with Gasteiger partial charge in [-0.2, -0.15) is 13.2 Å². The van der Waals surface area contributed by atoms with Crippen molar-refractivity contribution in [3.8, 4) is 11.5 Å². The van der Waals surface area contributed by atoms with Crippen LogP contribution < -0.4 is 4.74 Å². The van der Waals surface area contributed by atoms with Gasteiger partial charge in [-0.25, -0.2) is 0 Å². The first-order valence-corrected chi connectivity index (χ1v) is 6.33. The van der Waals surface area contributed by atoms with Gasteiger partial charge in [-0.15, -0.1) is 0 Å². The summed E-state index contributed by atoms with van der Waals surface area (Å²) in [5, 5.41) is 10.8. The van der Waals surface area contributed by atoms with Gasteiger partial charge in [-0.05, 0) is 31.2 Å². The molecule has 0 N–H and O–H groups in total. The van der Waals surface area contributed by atoms with E-state index < -0.39 is 22.4 Å². The maximum absolute atomic E-state index is 12.7. The molecule has 0 aliphatic heterocycles.